The SMILES string of the molecule is [2H]c1nc(C([2H])([2H])[2H])c(C([2H])([2H])[2H])c([2H])c1Br. The van der Waals surface area contributed by atoms with Gasteiger partial charge < -0.3 is 0 Å². The fraction of sp³-hybridized carbons (Fsp3) is 0.286. The Balaban J connectivity index is 3.71. The summed E-state index contributed by atoms with van der Waals surface area (Å²) in [5, 5.41) is 0. The molecule has 0 unspecified atom stereocenters. The lowest BCUT2D eigenvalue weighted by Gasteiger charge is -1.96. The molecule has 0 aliphatic rings. The van der Waals surface area contributed by atoms with Gasteiger partial charge in [-0.1, -0.05) is 0 Å². The van der Waals surface area contributed by atoms with Crippen LogP contribution >= 0.6 is 15.9 Å². The van der Waals surface area contributed by atoms with Crippen LogP contribution in [0.15, 0.2) is 16.7 Å². The Morgan fingerprint density at radius 1 is 1.78 bits per heavy atom. The third kappa shape index (κ3) is 1.52. The van der Waals surface area contributed by atoms with E-state index < -0.39 is 37.2 Å². The summed E-state index contributed by atoms with van der Waals surface area (Å²) in [6, 6.07) is -0.531. The van der Waals surface area contributed by atoms with E-state index in [1.165, 1.54) is 0 Å². The van der Waals surface area contributed by atoms with Gasteiger partial charge in [-0.3, -0.25) is 4.98 Å². The molecule has 0 saturated carbocycles. The molecule has 0 N–H and O–H groups in total. The summed E-state index contributed by atoms with van der Waals surface area (Å²) in [4.78, 5) is 3.45. The summed E-state index contributed by atoms with van der Waals surface area (Å²) < 4.78 is 58.2. The van der Waals surface area contributed by atoms with Crippen molar-refractivity contribution in [2.75, 3.05) is 0 Å². The van der Waals surface area contributed by atoms with Gasteiger partial charge in [-0.05, 0) is 41.2 Å². The molecule has 48 valence electrons. The van der Waals surface area contributed by atoms with Crippen molar-refractivity contribution in [1.82, 2.24) is 4.98 Å². The Bertz CT molecular complexity index is 449. The predicted octanol–water partition coefficient (Wildman–Crippen LogP) is 2.46. The van der Waals surface area contributed by atoms with Crippen LogP contribution < -0.4 is 0 Å². The molecule has 2 heteroatoms. The lowest BCUT2D eigenvalue weighted by Crippen LogP contribution is -1.83. The van der Waals surface area contributed by atoms with Crippen molar-refractivity contribution in [3.8, 4) is 0 Å². The zero-order valence-corrected chi connectivity index (χ0v) is 5.91. The van der Waals surface area contributed by atoms with Crippen molar-refractivity contribution < 1.29 is 11.0 Å². The van der Waals surface area contributed by atoms with E-state index >= 15 is 0 Å². The van der Waals surface area contributed by atoms with Gasteiger partial charge in [-0.15, -0.1) is 0 Å². The molecular weight excluding hydrogens is 178 g/mol. The van der Waals surface area contributed by atoms with E-state index in [2.05, 4.69) is 20.9 Å². The van der Waals surface area contributed by atoms with Crippen molar-refractivity contribution >= 4 is 15.9 Å². The molecule has 0 atom stereocenters. The molecule has 9 heavy (non-hydrogen) atoms. The van der Waals surface area contributed by atoms with Gasteiger partial charge in [0.25, 0.3) is 0 Å². The van der Waals surface area contributed by atoms with E-state index in [1.807, 2.05) is 0 Å². The van der Waals surface area contributed by atoms with Crippen LogP contribution in [0.2, 0.25) is 0 Å². The van der Waals surface area contributed by atoms with Crippen molar-refractivity contribution in [3.05, 3.63) is 27.9 Å². The summed E-state index contributed by atoms with van der Waals surface area (Å²) in [5.74, 6) is 0. The monoisotopic (exact) mass is 193 g/mol. The summed E-state index contributed by atoms with van der Waals surface area (Å²) in [5.41, 5.74) is -1.35. The average Bonchev–Trinajstić information content (AvgIpc) is 2.09. The summed E-state index contributed by atoms with van der Waals surface area (Å²) in [6.45, 7) is -5.53. The molecule has 1 heterocycles. The normalized spacial score (nSPS) is 25.4. The first-order valence-electron chi connectivity index (χ1n) is 6.14. The van der Waals surface area contributed by atoms with Gasteiger partial charge in [0.2, 0.25) is 0 Å². The average molecular weight is 194 g/mol. The van der Waals surface area contributed by atoms with Crippen LogP contribution in [-0.2, 0) is 0 Å². The largest absolute Gasteiger partial charge is 0.260 e. The third-order valence-electron chi connectivity index (χ3n) is 0.737. The van der Waals surface area contributed by atoms with E-state index in [-0.39, 0.29) is 4.47 Å². The smallest absolute Gasteiger partial charge is 0.0852 e. The van der Waals surface area contributed by atoms with E-state index in [0.717, 1.165) is 0 Å². The fourth-order valence-corrected chi connectivity index (χ4v) is 0.645. The third-order valence-corrected chi connectivity index (χ3v) is 1.11. The van der Waals surface area contributed by atoms with Crippen LogP contribution in [0.1, 0.15) is 22.2 Å². The maximum atomic E-state index is 7.60. The molecule has 0 saturated heterocycles. The van der Waals surface area contributed by atoms with Crippen molar-refractivity contribution in [2.24, 2.45) is 0 Å². The second-order valence-corrected chi connectivity index (χ2v) is 2.18. The zero-order chi connectivity index (χ0) is 13.6. The molecule has 0 aliphatic heterocycles. The molecule has 0 amide bonds. The maximum Gasteiger partial charge on any atom is 0.0852 e. The van der Waals surface area contributed by atoms with Gasteiger partial charge in [0, 0.05) is 24.6 Å². The molecule has 0 radical (unpaired) electrons. The van der Waals surface area contributed by atoms with Gasteiger partial charge in [-0.25, -0.2) is 0 Å². The number of rotatable bonds is 0. The molecule has 1 nitrogen and oxygen atoms in total. The fourth-order valence-electron chi connectivity index (χ4n) is 0.358. The van der Waals surface area contributed by atoms with Crippen molar-refractivity contribution in [2.45, 2.75) is 13.7 Å². The Labute approximate surface area is 74.5 Å². The number of pyridine rings is 1. The van der Waals surface area contributed by atoms with Crippen LogP contribution in [0.5, 0.6) is 0 Å². The minimum atomic E-state index is -2.77. The highest BCUT2D eigenvalue weighted by Crippen LogP contribution is 2.11. The Morgan fingerprint density at radius 2 is 2.67 bits per heavy atom. The summed E-state index contributed by atoms with van der Waals surface area (Å²) >= 11 is 2.85. The number of hydrogen-bond acceptors (Lipinski definition) is 1. The Morgan fingerprint density at radius 3 is 3.33 bits per heavy atom. The molecule has 0 bridgehead atoms. The van der Waals surface area contributed by atoms with Crippen LogP contribution in [0, 0.1) is 13.7 Å². The highest BCUT2D eigenvalue weighted by molar-refractivity contribution is 9.10. The molecule has 1 rings (SSSR count). The highest BCUT2D eigenvalue weighted by atomic mass is 79.9. The number of hydrogen-bond donors (Lipinski definition) is 0. The second kappa shape index (κ2) is 2.48. The second-order valence-electron chi connectivity index (χ2n) is 1.39. The topological polar surface area (TPSA) is 12.9 Å². The minimum absolute atomic E-state index is 0.128. The quantitative estimate of drug-likeness (QED) is 0.618. The van der Waals surface area contributed by atoms with Crippen LogP contribution in [0.25, 0.3) is 0 Å². The molecule has 0 spiro atoms. The molecular formula is C7H8BrN. The molecule has 1 aromatic heterocycles. The number of aryl methyl sites for hydroxylation is 1. The van der Waals surface area contributed by atoms with Crippen LogP contribution in [0.3, 0.4) is 0 Å². The van der Waals surface area contributed by atoms with Gasteiger partial charge in [0.1, 0.15) is 0 Å². The summed E-state index contributed by atoms with van der Waals surface area (Å²) in [7, 11) is 0. The van der Waals surface area contributed by atoms with Gasteiger partial charge in [0.05, 0.1) is 2.74 Å². The first-order valence-corrected chi connectivity index (χ1v) is 2.93. The first kappa shape index (κ1) is 1.82. The first-order chi connectivity index (χ1) is 7.46. The zero-order valence-electron chi connectivity index (χ0n) is 12.3. The lowest BCUT2D eigenvalue weighted by molar-refractivity contribution is 1.14. The van der Waals surface area contributed by atoms with E-state index in [9.17, 15) is 0 Å². The molecule has 1 aromatic rings. The van der Waals surface area contributed by atoms with Crippen molar-refractivity contribution in [1.29, 1.82) is 0 Å². The molecule has 0 aliphatic carbocycles. The number of halogens is 1. The lowest BCUT2D eigenvalue weighted by atomic mass is 10.2. The Hall–Kier alpha value is -0.370. The Kier molecular flexibility index (Phi) is 0.501. The number of nitrogens with zero attached hydrogens (tertiary/aromatic N) is 1. The van der Waals surface area contributed by atoms with Crippen LogP contribution in [0.4, 0.5) is 0 Å². The van der Waals surface area contributed by atoms with E-state index in [1.54, 1.807) is 0 Å². The van der Waals surface area contributed by atoms with Crippen molar-refractivity contribution in [3.63, 3.8) is 0 Å². The van der Waals surface area contributed by atoms with Gasteiger partial charge in [0.15, 0.2) is 0 Å². The standard InChI is InChI=1S/C7H8BrN/c1-5-3-7(8)4-9-6(5)2/h3-4H,1-2H3/i1D3,2D3,3D,4D. The minimum Gasteiger partial charge on any atom is -0.260 e. The molecule has 0 fully saturated rings. The highest BCUT2D eigenvalue weighted by Gasteiger charge is 1.91. The summed E-state index contributed by atoms with van der Waals surface area (Å²) in [6.07, 6.45) is -0.464. The van der Waals surface area contributed by atoms with Gasteiger partial charge in [-0.2, -0.15) is 0 Å². The van der Waals surface area contributed by atoms with Gasteiger partial charge >= 0.3 is 0 Å². The predicted molar refractivity (Wildman–Crippen MR) is 41.4 cm³/mol. The number of aromatic nitrogens is 1. The van der Waals surface area contributed by atoms with Crippen LogP contribution in [-0.4, -0.2) is 4.98 Å². The molecule has 0 aromatic carbocycles. The van der Waals surface area contributed by atoms with E-state index in [4.69, 9.17) is 11.0 Å². The van der Waals surface area contributed by atoms with E-state index in [0.29, 0.717) is 0 Å². The maximum absolute atomic E-state index is 7.60.